The molecule has 3 aromatic rings. The fourth-order valence-electron chi connectivity index (χ4n) is 4.12. The molecule has 3 aromatic carbocycles. The maximum Gasteiger partial charge on any atom is 0.223 e. The number of nitrogens with zero attached hydrogens (tertiary/aromatic N) is 1. The van der Waals surface area contributed by atoms with Crippen LogP contribution in [0.15, 0.2) is 103 Å². The van der Waals surface area contributed by atoms with Crippen molar-refractivity contribution in [3.05, 3.63) is 120 Å². The van der Waals surface area contributed by atoms with Crippen LogP contribution in [0, 0.1) is 0 Å². The molecule has 0 bridgehead atoms. The molecule has 1 amide bonds. The maximum absolute atomic E-state index is 13.6. The number of aryl methyl sites for hydroxylation is 1. The summed E-state index contributed by atoms with van der Waals surface area (Å²) in [5.74, 6) is 0.168. The quantitative estimate of drug-likeness (QED) is 0.229. The van der Waals surface area contributed by atoms with Gasteiger partial charge >= 0.3 is 0 Å². The van der Waals surface area contributed by atoms with Gasteiger partial charge in [-0.15, -0.1) is 0 Å². The number of hydrogen-bond donors (Lipinski definition) is 0. The summed E-state index contributed by atoms with van der Waals surface area (Å²) in [6, 6.07) is 30.6. The normalized spacial score (nSPS) is 13.0. The van der Waals surface area contributed by atoms with Crippen LogP contribution >= 0.6 is 0 Å². The molecule has 172 valence electrons. The maximum atomic E-state index is 13.6. The summed E-state index contributed by atoms with van der Waals surface area (Å²) < 4.78 is 5.97. The van der Waals surface area contributed by atoms with Gasteiger partial charge in [0, 0.05) is 13.0 Å². The Morgan fingerprint density at radius 3 is 2.06 bits per heavy atom. The van der Waals surface area contributed by atoms with Crippen molar-refractivity contribution in [2.75, 3.05) is 6.61 Å². The van der Waals surface area contributed by atoms with Crippen LogP contribution in [0.5, 0.6) is 0 Å². The standard InChI is InChI=1S/C30H35NO2/c1-3-13-29(22-23-33-24-27-16-9-5-10-17-27)31(25(2)28-18-11-6-12-19-28)30(32)21-20-26-14-7-4-8-15-26/h3-19,25,29H,20-24H2,1-2H3/b13-3+/t25-,29-/m1/s1. The van der Waals surface area contributed by atoms with E-state index in [9.17, 15) is 4.79 Å². The van der Waals surface area contributed by atoms with E-state index in [1.807, 2.05) is 72.5 Å². The highest BCUT2D eigenvalue weighted by atomic mass is 16.5. The number of ether oxygens (including phenoxy) is 1. The molecule has 0 saturated carbocycles. The van der Waals surface area contributed by atoms with Gasteiger partial charge in [0.15, 0.2) is 0 Å². The molecular formula is C30H35NO2. The molecular weight excluding hydrogens is 406 g/mol. The van der Waals surface area contributed by atoms with Gasteiger partial charge in [0.25, 0.3) is 0 Å². The molecule has 3 rings (SSSR count). The zero-order valence-corrected chi connectivity index (χ0v) is 19.8. The van der Waals surface area contributed by atoms with Crippen molar-refractivity contribution in [1.82, 2.24) is 4.90 Å². The largest absolute Gasteiger partial charge is 0.377 e. The molecule has 0 spiro atoms. The highest BCUT2D eigenvalue weighted by Gasteiger charge is 2.27. The number of allylic oxidation sites excluding steroid dienone is 1. The Balaban J connectivity index is 1.71. The van der Waals surface area contributed by atoms with Gasteiger partial charge in [0.2, 0.25) is 5.91 Å². The summed E-state index contributed by atoms with van der Waals surface area (Å²) in [4.78, 5) is 15.6. The molecule has 3 heteroatoms. The number of amides is 1. The third-order valence-corrected chi connectivity index (χ3v) is 5.90. The van der Waals surface area contributed by atoms with Gasteiger partial charge in [-0.05, 0) is 43.4 Å². The predicted molar refractivity (Wildman–Crippen MR) is 136 cm³/mol. The Bertz CT molecular complexity index is 970. The summed E-state index contributed by atoms with van der Waals surface area (Å²) in [5.41, 5.74) is 3.49. The van der Waals surface area contributed by atoms with Crippen LogP contribution in [0.25, 0.3) is 0 Å². The first kappa shape index (κ1) is 24.5. The first-order valence-corrected chi connectivity index (χ1v) is 11.8. The van der Waals surface area contributed by atoms with E-state index in [4.69, 9.17) is 4.74 Å². The molecule has 0 aliphatic rings. The van der Waals surface area contributed by atoms with Crippen molar-refractivity contribution in [2.45, 2.75) is 51.8 Å². The molecule has 0 heterocycles. The second kappa shape index (κ2) is 13.4. The minimum Gasteiger partial charge on any atom is -0.377 e. The molecule has 3 nitrogen and oxygen atoms in total. The topological polar surface area (TPSA) is 29.5 Å². The van der Waals surface area contributed by atoms with Crippen molar-refractivity contribution < 1.29 is 9.53 Å². The van der Waals surface area contributed by atoms with Crippen LogP contribution in [-0.2, 0) is 22.6 Å². The van der Waals surface area contributed by atoms with Crippen molar-refractivity contribution in [2.24, 2.45) is 0 Å². The van der Waals surface area contributed by atoms with E-state index in [0.29, 0.717) is 19.6 Å². The minimum absolute atomic E-state index is 0.0233. The van der Waals surface area contributed by atoms with E-state index in [0.717, 1.165) is 24.0 Å². The van der Waals surface area contributed by atoms with Gasteiger partial charge in [0.05, 0.1) is 18.7 Å². The highest BCUT2D eigenvalue weighted by Crippen LogP contribution is 2.26. The lowest BCUT2D eigenvalue weighted by molar-refractivity contribution is -0.135. The van der Waals surface area contributed by atoms with Crippen LogP contribution in [0.1, 0.15) is 49.4 Å². The van der Waals surface area contributed by atoms with E-state index in [1.165, 1.54) is 5.56 Å². The zero-order chi connectivity index (χ0) is 23.3. The summed E-state index contributed by atoms with van der Waals surface area (Å²) in [5, 5.41) is 0. The Hall–Kier alpha value is -3.17. The second-order valence-electron chi connectivity index (χ2n) is 8.29. The lowest BCUT2D eigenvalue weighted by atomic mass is 10.0. The molecule has 0 radical (unpaired) electrons. The number of carbonyl (C=O) groups excluding carboxylic acids is 1. The molecule has 33 heavy (non-hydrogen) atoms. The summed E-state index contributed by atoms with van der Waals surface area (Å²) in [6.07, 6.45) is 6.15. The van der Waals surface area contributed by atoms with Crippen LogP contribution in [-0.4, -0.2) is 23.5 Å². The summed E-state index contributed by atoms with van der Waals surface area (Å²) in [6.45, 7) is 5.31. The summed E-state index contributed by atoms with van der Waals surface area (Å²) >= 11 is 0. The van der Waals surface area contributed by atoms with E-state index in [1.54, 1.807) is 0 Å². The number of carbonyl (C=O) groups is 1. The number of rotatable bonds is 12. The van der Waals surface area contributed by atoms with E-state index >= 15 is 0 Å². The lowest BCUT2D eigenvalue weighted by Crippen LogP contribution is -2.42. The van der Waals surface area contributed by atoms with Gasteiger partial charge in [-0.1, -0.05) is 103 Å². The molecule has 0 aliphatic heterocycles. The number of hydrogen-bond acceptors (Lipinski definition) is 2. The third kappa shape index (κ3) is 7.73. The molecule has 0 aromatic heterocycles. The van der Waals surface area contributed by atoms with Crippen LogP contribution < -0.4 is 0 Å². The predicted octanol–water partition coefficient (Wildman–Crippen LogP) is 6.76. The zero-order valence-electron chi connectivity index (χ0n) is 19.8. The van der Waals surface area contributed by atoms with Gasteiger partial charge in [-0.25, -0.2) is 0 Å². The Morgan fingerprint density at radius 1 is 0.879 bits per heavy atom. The fourth-order valence-corrected chi connectivity index (χ4v) is 4.12. The Labute approximate surface area is 198 Å². The van der Waals surface area contributed by atoms with Crippen molar-refractivity contribution in [1.29, 1.82) is 0 Å². The molecule has 0 N–H and O–H groups in total. The molecule has 2 atom stereocenters. The highest BCUT2D eigenvalue weighted by molar-refractivity contribution is 5.77. The van der Waals surface area contributed by atoms with Crippen LogP contribution in [0.2, 0.25) is 0 Å². The average molecular weight is 442 g/mol. The van der Waals surface area contributed by atoms with E-state index in [-0.39, 0.29) is 18.0 Å². The third-order valence-electron chi connectivity index (χ3n) is 5.90. The Kier molecular flexibility index (Phi) is 9.93. The molecule has 0 fully saturated rings. The van der Waals surface area contributed by atoms with Crippen molar-refractivity contribution in [3.63, 3.8) is 0 Å². The number of benzene rings is 3. The monoisotopic (exact) mass is 441 g/mol. The second-order valence-corrected chi connectivity index (χ2v) is 8.29. The average Bonchev–Trinajstić information content (AvgIpc) is 2.87. The molecule has 0 saturated heterocycles. The first-order valence-electron chi connectivity index (χ1n) is 11.8. The smallest absolute Gasteiger partial charge is 0.223 e. The Morgan fingerprint density at radius 2 is 1.45 bits per heavy atom. The van der Waals surface area contributed by atoms with Crippen LogP contribution in [0.4, 0.5) is 0 Å². The lowest BCUT2D eigenvalue weighted by Gasteiger charge is -2.36. The minimum atomic E-state index is -0.0238. The fraction of sp³-hybridized carbons (Fsp3) is 0.300. The van der Waals surface area contributed by atoms with Crippen molar-refractivity contribution >= 4 is 5.91 Å². The van der Waals surface area contributed by atoms with Gasteiger partial charge in [-0.2, -0.15) is 0 Å². The first-order chi connectivity index (χ1) is 16.2. The molecule has 0 unspecified atom stereocenters. The van der Waals surface area contributed by atoms with E-state index < -0.39 is 0 Å². The van der Waals surface area contributed by atoms with Crippen LogP contribution in [0.3, 0.4) is 0 Å². The summed E-state index contributed by atoms with van der Waals surface area (Å²) in [7, 11) is 0. The van der Waals surface area contributed by atoms with Gasteiger partial charge in [-0.3, -0.25) is 4.79 Å². The van der Waals surface area contributed by atoms with E-state index in [2.05, 4.69) is 49.4 Å². The van der Waals surface area contributed by atoms with Gasteiger partial charge in [0.1, 0.15) is 0 Å². The molecule has 0 aliphatic carbocycles. The van der Waals surface area contributed by atoms with Gasteiger partial charge < -0.3 is 9.64 Å². The SMILES string of the molecule is C/C=C/[C@H](CCOCc1ccccc1)N(C(=O)CCc1ccccc1)[C@H](C)c1ccccc1. The van der Waals surface area contributed by atoms with Crippen molar-refractivity contribution in [3.8, 4) is 0 Å².